The third kappa shape index (κ3) is 3.39. The zero-order valence-corrected chi connectivity index (χ0v) is 16.7. The van der Waals surface area contributed by atoms with Crippen molar-refractivity contribution in [2.45, 2.75) is 6.92 Å². The van der Waals surface area contributed by atoms with Gasteiger partial charge < -0.3 is 9.64 Å². The summed E-state index contributed by atoms with van der Waals surface area (Å²) in [5.74, 6) is 1.28. The number of ether oxygens (including phenoxy) is 1. The summed E-state index contributed by atoms with van der Waals surface area (Å²) in [5.41, 5.74) is 3.71. The molecule has 150 valence electrons. The fourth-order valence-electron chi connectivity index (χ4n) is 3.79. The zero-order chi connectivity index (χ0) is 20.5. The Morgan fingerprint density at radius 2 is 1.83 bits per heavy atom. The maximum atomic E-state index is 14.8. The summed E-state index contributed by atoms with van der Waals surface area (Å²) in [4.78, 5) is 16.1. The quantitative estimate of drug-likeness (QED) is 0.501. The Kier molecular flexibility index (Phi) is 4.85. The minimum atomic E-state index is -0.197. The van der Waals surface area contributed by atoms with Crippen LogP contribution in [0, 0.1) is 12.7 Å². The van der Waals surface area contributed by atoms with Crippen LogP contribution in [0.1, 0.15) is 5.56 Å². The van der Waals surface area contributed by atoms with E-state index in [0.29, 0.717) is 30.2 Å². The molecule has 2 aromatic carbocycles. The van der Waals surface area contributed by atoms with Crippen molar-refractivity contribution >= 4 is 16.7 Å². The molecule has 0 atom stereocenters. The van der Waals surface area contributed by atoms with E-state index in [2.05, 4.69) is 9.88 Å². The van der Waals surface area contributed by atoms with Crippen molar-refractivity contribution in [1.82, 2.24) is 15.0 Å². The molecule has 1 saturated heterocycles. The molecule has 0 spiro atoms. The van der Waals surface area contributed by atoms with Crippen LogP contribution in [-0.4, -0.2) is 41.3 Å². The number of aryl methyl sites for hydroxylation is 1. The number of rotatable bonds is 3. The van der Waals surface area contributed by atoms with E-state index < -0.39 is 0 Å². The first-order valence-corrected chi connectivity index (χ1v) is 10.0. The average Bonchev–Trinajstić information content (AvgIpc) is 2.81. The van der Waals surface area contributed by atoms with E-state index in [1.807, 2.05) is 42.5 Å². The lowest BCUT2D eigenvalue weighted by atomic mass is 10.0. The molecule has 2 aromatic heterocycles. The topological polar surface area (TPSA) is 51.1 Å². The summed E-state index contributed by atoms with van der Waals surface area (Å²) in [7, 11) is 0. The highest BCUT2D eigenvalue weighted by Crippen LogP contribution is 2.33. The molecule has 4 aromatic rings. The third-order valence-electron chi connectivity index (χ3n) is 5.41. The molecular formula is C24H21FN4O. The smallest absolute Gasteiger partial charge is 0.163 e. The molecule has 0 saturated carbocycles. The molecule has 1 fully saturated rings. The maximum Gasteiger partial charge on any atom is 0.163 e. The van der Waals surface area contributed by atoms with Gasteiger partial charge in [-0.15, -0.1) is 0 Å². The van der Waals surface area contributed by atoms with Gasteiger partial charge in [-0.05, 0) is 42.3 Å². The summed E-state index contributed by atoms with van der Waals surface area (Å²) in [6.45, 7) is 4.59. The van der Waals surface area contributed by atoms with Crippen LogP contribution >= 0.6 is 0 Å². The molecule has 0 unspecified atom stereocenters. The van der Waals surface area contributed by atoms with Crippen LogP contribution in [0.15, 0.2) is 60.9 Å². The molecule has 0 bridgehead atoms. The van der Waals surface area contributed by atoms with Crippen molar-refractivity contribution < 1.29 is 9.13 Å². The number of nitrogens with zero attached hydrogens (tertiary/aromatic N) is 4. The summed E-state index contributed by atoms with van der Waals surface area (Å²) in [5, 5.41) is 0.906. The molecule has 6 heteroatoms. The van der Waals surface area contributed by atoms with Crippen molar-refractivity contribution in [3.05, 3.63) is 72.3 Å². The zero-order valence-electron chi connectivity index (χ0n) is 16.7. The number of hydrogen-bond acceptors (Lipinski definition) is 5. The Labute approximate surface area is 174 Å². The normalized spacial score (nSPS) is 14.3. The van der Waals surface area contributed by atoms with Crippen LogP contribution in [0.5, 0.6) is 0 Å². The standard InChI is InChI=1S/C24H21FN4O/c1-16-4-2-6-19(22(16)25)17-7-8-21-20(14-17)24(29-10-12-30-13-11-29)28-23(27-21)18-5-3-9-26-15-18/h2-9,14-15H,10-13H2,1H3. The van der Waals surface area contributed by atoms with Crippen molar-refractivity contribution in [3.8, 4) is 22.5 Å². The highest BCUT2D eigenvalue weighted by Gasteiger charge is 2.19. The van der Waals surface area contributed by atoms with E-state index in [0.717, 1.165) is 40.9 Å². The first-order valence-electron chi connectivity index (χ1n) is 10.0. The lowest BCUT2D eigenvalue weighted by Crippen LogP contribution is -2.37. The van der Waals surface area contributed by atoms with E-state index in [9.17, 15) is 4.39 Å². The van der Waals surface area contributed by atoms with Crippen molar-refractivity contribution in [2.24, 2.45) is 0 Å². The van der Waals surface area contributed by atoms with Gasteiger partial charge in [-0.3, -0.25) is 4.98 Å². The molecule has 3 heterocycles. The number of hydrogen-bond donors (Lipinski definition) is 0. The second-order valence-electron chi connectivity index (χ2n) is 7.38. The maximum absolute atomic E-state index is 14.8. The molecule has 5 rings (SSSR count). The monoisotopic (exact) mass is 400 g/mol. The van der Waals surface area contributed by atoms with Gasteiger partial charge in [-0.25, -0.2) is 14.4 Å². The Bertz CT molecular complexity index is 1210. The summed E-state index contributed by atoms with van der Waals surface area (Å²) in [6, 6.07) is 15.1. The second-order valence-corrected chi connectivity index (χ2v) is 7.38. The van der Waals surface area contributed by atoms with Crippen LogP contribution in [0.3, 0.4) is 0 Å². The van der Waals surface area contributed by atoms with Crippen LogP contribution in [-0.2, 0) is 4.74 Å². The van der Waals surface area contributed by atoms with Gasteiger partial charge in [0.2, 0.25) is 0 Å². The molecule has 0 amide bonds. The predicted octanol–water partition coefficient (Wildman–Crippen LogP) is 4.64. The number of anilines is 1. The summed E-state index contributed by atoms with van der Waals surface area (Å²) < 4.78 is 20.3. The van der Waals surface area contributed by atoms with Gasteiger partial charge in [-0.2, -0.15) is 0 Å². The fraction of sp³-hybridized carbons (Fsp3) is 0.208. The molecule has 0 N–H and O–H groups in total. The molecular weight excluding hydrogens is 379 g/mol. The summed E-state index contributed by atoms with van der Waals surface area (Å²) in [6.07, 6.45) is 3.50. The van der Waals surface area contributed by atoms with Crippen molar-refractivity contribution in [3.63, 3.8) is 0 Å². The van der Waals surface area contributed by atoms with Gasteiger partial charge in [0.25, 0.3) is 0 Å². The fourth-order valence-corrected chi connectivity index (χ4v) is 3.79. The van der Waals surface area contributed by atoms with E-state index in [4.69, 9.17) is 14.7 Å². The largest absolute Gasteiger partial charge is 0.378 e. The third-order valence-corrected chi connectivity index (χ3v) is 5.41. The van der Waals surface area contributed by atoms with Gasteiger partial charge in [0.1, 0.15) is 11.6 Å². The first kappa shape index (κ1) is 18.6. The lowest BCUT2D eigenvalue weighted by molar-refractivity contribution is 0.122. The molecule has 0 aliphatic carbocycles. The van der Waals surface area contributed by atoms with Crippen LogP contribution in [0.4, 0.5) is 10.2 Å². The number of benzene rings is 2. The number of halogens is 1. The highest BCUT2D eigenvalue weighted by molar-refractivity contribution is 5.94. The lowest BCUT2D eigenvalue weighted by Gasteiger charge is -2.29. The molecule has 1 aliphatic heterocycles. The SMILES string of the molecule is Cc1cccc(-c2ccc3nc(-c4cccnc4)nc(N4CCOCC4)c3c2)c1F. The van der Waals surface area contributed by atoms with E-state index in [-0.39, 0.29) is 5.82 Å². The van der Waals surface area contributed by atoms with Crippen LogP contribution in [0.2, 0.25) is 0 Å². The molecule has 0 radical (unpaired) electrons. The first-order chi connectivity index (χ1) is 14.7. The van der Waals surface area contributed by atoms with E-state index >= 15 is 0 Å². The Hall–Kier alpha value is -3.38. The number of morpholine rings is 1. The minimum absolute atomic E-state index is 0.197. The van der Waals surface area contributed by atoms with Crippen LogP contribution in [0.25, 0.3) is 33.4 Å². The summed E-state index contributed by atoms with van der Waals surface area (Å²) >= 11 is 0. The Morgan fingerprint density at radius 1 is 0.967 bits per heavy atom. The van der Waals surface area contributed by atoms with Gasteiger partial charge in [0.15, 0.2) is 5.82 Å². The average molecular weight is 400 g/mol. The van der Waals surface area contributed by atoms with Gasteiger partial charge in [-0.1, -0.05) is 24.3 Å². The van der Waals surface area contributed by atoms with Crippen molar-refractivity contribution in [2.75, 3.05) is 31.2 Å². The molecule has 5 nitrogen and oxygen atoms in total. The number of pyridine rings is 1. The highest BCUT2D eigenvalue weighted by atomic mass is 19.1. The van der Waals surface area contributed by atoms with E-state index in [1.165, 1.54) is 0 Å². The number of aromatic nitrogens is 3. The minimum Gasteiger partial charge on any atom is -0.378 e. The Morgan fingerprint density at radius 3 is 2.63 bits per heavy atom. The molecule has 30 heavy (non-hydrogen) atoms. The Balaban J connectivity index is 1.71. The van der Waals surface area contributed by atoms with Gasteiger partial charge >= 0.3 is 0 Å². The predicted molar refractivity (Wildman–Crippen MR) is 116 cm³/mol. The second kappa shape index (κ2) is 7.80. The molecule has 1 aliphatic rings. The van der Waals surface area contributed by atoms with Crippen LogP contribution < -0.4 is 4.90 Å². The van der Waals surface area contributed by atoms with Gasteiger partial charge in [0.05, 0.1) is 18.7 Å². The van der Waals surface area contributed by atoms with E-state index in [1.54, 1.807) is 25.4 Å². The number of fused-ring (bicyclic) bond motifs is 1. The van der Waals surface area contributed by atoms with Crippen molar-refractivity contribution in [1.29, 1.82) is 0 Å². The van der Waals surface area contributed by atoms with Gasteiger partial charge in [0, 0.05) is 42.0 Å².